The first-order chi connectivity index (χ1) is 7.99. The molecular weight excluding hydrogens is 246 g/mol. The first-order valence-corrected chi connectivity index (χ1v) is 6.42. The lowest BCUT2D eigenvalue weighted by atomic mass is 9.92. The maximum Gasteiger partial charge on any atom is 0.122 e. The Labute approximate surface area is 117 Å². The van der Waals surface area contributed by atoms with E-state index in [1.54, 1.807) is 7.11 Å². The van der Waals surface area contributed by atoms with E-state index in [1.807, 2.05) is 0 Å². The van der Waals surface area contributed by atoms with Crippen LogP contribution in [-0.4, -0.2) is 13.2 Å². The standard InChI is InChI=1S/C15H25NO.ClH/c1-6-13(16)8-12-9-14(10(2)3)11(4)7-15(12)17-5;/h7,9-10,13H,6,8,16H2,1-5H3;1H. The molecule has 0 fully saturated rings. The summed E-state index contributed by atoms with van der Waals surface area (Å²) in [4.78, 5) is 0. The number of hydrogen-bond donors (Lipinski definition) is 1. The molecule has 0 amide bonds. The van der Waals surface area contributed by atoms with Crippen LogP contribution in [-0.2, 0) is 6.42 Å². The first-order valence-electron chi connectivity index (χ1n) is 6.42. The Hall–Kier alpha value is -0.730. The van der Waals surface area contributed by atoms with Gasteiger partial charge < -0.3 is 10.5 Å². The minimum absolute atomic E-state index is 0. The maximum absolute atomic E-state index is 6.04. The largest absolute Gasteiger partial charge is 0.496 e. The van der Waals surface area contributed by atoms with E-state index < -0.39 is 0 Å². The highest BCUT2D eigenvalue weighted by atomic mass is 35.5. The Bertz CT molecular complexity index is 377. The molecule has 1 unspecified atom stereocenters. The number of aryl methyl sites for hydroxylation is 1. The van der Waals surface area contributed by atoms with Crippen molar-refractivity contribution in [3.63, 3.8) is 0 Å². The summed E-state index contributed by atoms with van der Waals surface area (Å²) < 4.78 is 5.45. The summed E-state index contributed by atoms with van der Waals surface area (Å²) in [6, 6.07) is 4.60. The molecule has 18 heavy (non-hydrogen) atoms. The Morgan fingerprint density at radius 2 is 1.89 bits per heavy atom. The molecule has 0 aliphatic carbocycles. The van der Waals surface area contributed by atoms with Crippen molar-refractivity contribution in [3.8, 4) is 5.75 Å². The SMILES string of the molecule is CCC(N)Cc1cc(C(C)C)c(C)cc1OC.Cl. The van der Waals surface area contributed by atoms with E-state index in [2.05, 4.69) is 39.8 Å². The van der Waals surface area contributed by atoms with Gasteiger partial charge in [0, 0.05) is 6.04 Å². The fourth-order valence-corrected chi connectivity index (χ4v) is 2.14. The van der Waals surface area contributed by atoms with E-state index in [4.69, 9.17) is 10.5 Å². The molecule has 0 heterocycles. The topological polar surface area (TPSA) is 35.2 Å². The molecule has 1 aromatic rings. The maximum atomic E-state index is 6.04. The molecule has 0 saturated carbocycles. The third-order valence-electron chi connectivity index (χ3n) is 3.30. The van der Waals surface area contributed by atoms with Crippen LogP contribution in [0.3, 0.4) is 0 Å². The summed E-state index contributed by atoms with van der Waals surface area (Å²) in [6.45, 7) is 8.70. The quantitative estimate of drug-likeness (QED) is 0.883. The summed E-state index contributed by atoms with van der Waals surface area (Å²) in [5, 5.41) is 0. The van der Waals surface area contributed by atoms with Crippen LogP contribution >= 0.6 is 12.4 Å². The summed E-state index contributed by atoms with van der Waals surface area (Å²) in [5.41, 5.74) is 9.96. The van der Waals surface area contributed by atoms with Crippen molar-refractivity contribution >= 4 is 12.4 Å². The molecule has 1 atom stereocenters. The van der Waals surface area contributed by atoms with Gasteiger partial charge in [-0.2, -0.15) is 0 Å². The molecule has 1 aromatic carbocycles. The van der Waals surface area contributed by atoms with Gasteiger partial charge in [-0.05, 0) is 48.4 Å². The van der Waals surface area contributed by atoms with Crippen molar-refractivity contribution in [2.45, 2.75) is 52.5 Å². The van der Waals surface area contributed by atoms with Crippen LogP contribution in [0.15, 0.2) is 12.1 Å². The molecule has 0 aliphatic rings. The van der Waals surface area contributed by atoms with E-state index in [0.717, 1.165) is 18.6 Å². The summed E-state index contributed by atoms with van der Waals surface area (Å²) >= 11 is 0. The summed E-state index contributed by atoms with van der Waals surface area (Å²) in [7, 11) is 1.73. The summed E-state index contributed by atoms with van der Waals surface area (Å²) in [6.07, 6.45) is 1.88. The van der Waals surface area contributed by atoms with E-state index in [1.165, 1.54) is 16.7 Å². The number of methoxy groups -OCH3 is 1. The van der Waals surface area contributed by atoms with Crippen molar-refractivity contribution in [2.24, 2.45) is 5.73 Å². The second kappa shape index (κ2) is 7.65. The van der Waals surface area contributed by atoms with Crippen molar-refractivity contribution in [1.29, 1.82) is 0 Å². The van der Waals surface area contributed by atoms with Gasteiger partial charge in [0.2, 0.25) is 0 Å². The number of benzene rings is 1. The van der Waals surface area contributed by atoms with Gasteiger partial charge in [0.15, 0.2) is 0 Å². The zero-order valence-corrected chi connectivity index (χ0v) is 12.9. The van der Waals surface area contributed by atoms with Gasteiger partial charge in [-0.15, -0.1) is 12.4 Å². The Kier molecular flexibility index (Phi) is 7.34. The highest BCUT2D eigenvalue weighted by molar-refractivity contribution is 5.85. The molecule has 2 N–H and O–H groups in total. The van der Waals surface area contributed by atoms with E-state index in [0.29, 0.717) is 5.92 Å². The van der Waals surface area contributed by atoms with Gasteiger partial charge in [0.1, 0.15) is 5.75 Å². The number of ether oxygens (including phenoxy) is 1. The molecule has 2 nitrogen and oxygen atoms in total. The lowest BCUT2D eigenvalue weighted by molar-refractivity contribution is 0.407. The highest BCUT2D eigenvalue weighted by Gasteiger charge is 2.12. The molecule has 0 radical (unpaired) electrons. The molecule has 1 rings (SSSR count). The zero-order valence-electron chi connectivity index (χ0n) is 12.1. The fourth-order valence-electron chi connectivity index (χ4n) is 2.14. The molecule has 0 aromatic heterocycles. The third-order valence-corrected chi connectivity index (χ3v) is 3.30. The van der Waals surface area contributed by atoms with Crippen LogP contribution < -0.4 is 10.5 Å². The molecule has 3 heteroatoms. The highest BCUT2D eigenvalue weighted by Crippen LogP contribution is 2.28. The van der Waals surface area contributed by atoms with Crippen LogP contribution in [0.4, 0.5) is 0 Å². The second-order valence-corrected chi connectivity index (χ2v) is 5.05. The van der Waals surface area contributed by atoms with Gasteiger partial charge >= 0.3 is 0 Å². The predicted molar refractivity (Wildman–Crippen MR) is 81.0 cm³/mol. The van der Waals surface area contributed by atoms with Crippen LogP contribution in [0.25, 0.3) is 0 Å². The zero-order chi connectivity index (χ0) is 13.0. The average Bonchev–Trinajstić information content (AvgIpc) is 2.30. The average molecular weight is 272 g/mol. The van der Waals surface area contributed by atoms with Gasteiger partial charge in [0.25, 0.3) is 0 Å². The van der Waals surface area contributed by atoms with Crippen molar-refractivity contribution in [1.82, 2.24) is 0 Å². The lowest BCUT2D eigenvalue weighted by Crippen LogP contribution is -2.21. The van der Waals surface area contributed by atoms with Crippen molar-refractivity contribution < 1.29 is 4.74 Å². The third kappa shape index (κ3) is 4.18. The molecule has 0 bridgehead atoms. The molecule has 104 valence electrons. The van der Waals surface area contributed by atoms with E-state index in [-0.39, 0.29) is 18.4 Å². The second-order valence-electron chi connectivity index (χ2n) is 5.05. The van der Waals surface area contributed by atoms with Crippen molar-refractivity contribution in [3.05, 3.63) is 28.8 Å². The van der Waals surface area contributed by atoms with E-state index in [9.17, 15) is 0 Å². The van der Waals surface area contributed by atoms with Crippen molar-refractivity contribution in [2.75, 3.05) is 7.11 Å². The number of nitrogens with two attached hydrogens (primary N) is 1. The predicted octanol–water partition coefficient (Wildman–Crippen LogP) is 3.83. The van der Waals surface area contributed by atoms with Gasteiger partial charge in [-0.3, -0.25) is 0 Å². The molecule has 0 aliphatic heterocycles. The minimum Gasteiger partial charge on any atom is -0.496 e. The Morgan fingerprint density at radius 1 is 1.28 bits per heavy atom. The normalized spacial score (nSPS) is 12.2. The van der Waals surface area contributed by atoms with Crippen LogP contribution in [0, 0.1) is 6.92 Å². The summed E-state index contributed by atoms with van der Waals surface area (Å²) in [5.74, 6) is 1.51. The smallest absolute Gasteiger partial charge is 0.122 e. The molecular formula is C15H26ClNO. The van der Waals surface area contributed by atoms with E-state index >= 15 is 0 Å². The minimum atomic E-state index is 0. The van der Waals surface area contributed by atoms with Crippen LogP contribution in [0.2, 0.25) is 0 Å². The molecule has 0 spiro atoms. The van der Waals surface area contributed by atoms with Gasteiger partial charge in [-0.25, -0.2) is 0 Å². The first kappa shape index (κ1) is 17.3. The van der Waals surface area contributed by atoms with Crippen LogP contribution in [0.5, 0.6) is 5.75 Å². The Morgan fingerprint density at radius 3 is 2.33 bits per heavy atom. The lowest BCUT2D eigenvalue weighted by Gasteiger charge is -2.18. The van der Waals surface area contributed by atoms with Gasteiger partial charge in [0.05, 0.1) is 7.11 Å². The Balaban J connectivity index is 0.00000289. The van der Waals surface area contributed by atoms with Crippen LogP contribution in [0.1, 0.15) is 49.8 Å². The number of rotatable bonds is 5. The fraction of sp³-hybridized carbons (Fsp3) is 0.600. The molecule has 0 saturated heterocycles. The number of hydrogen-bond acceptors (Lipinski definition) is 2. The van der Waals surface area contributed by atoms with Gasteiger partial charge in [-0.1, -0.05) is 26.8 Å². The monoisotopic (exact) mass is 271 g/mol. The number of halogens is 1.